The molecular formula is C25H27ClN2O5S. The smallest absolute Gasteiger partial charge is 0.265 e. The third kappa shape index (κ3) is 6.01. The number of hydrogen-bond donors (Lipinski definition) is 2. The predicted molar refractivity (Wildman–Crippen MR) is 135 cm³/mol. The molecule has 180 valence electrons. The van der Waals surface area contributed by atoms with E-state index in [4.69, 9.17) is 21.1 Å². The predicted octanol–water partition coefficient (Wildman–Crippen LogP) is 5.48. The molecule has 0 radical (unpaired) electrons. The maximum absolute atomic E-state index is 12.8. The average Bonchev–Trinajstić information content (AvgIpc) is 2.77. The van der Waals surface area contributed by atoms with Gasteiger partial charge in [-0.25, -0.2) is 8.42 Å². The summed E-state index contributed by atoms with van der Waals surface area (Å²) in [7, 11) is -2.38. The van der Waals surface area contributed by atoms with Crippen molar-refractivity contribution in [3.63, 3.8) is 0 Å². The summed E-state index contributed by atoms with van der Waals surface area (Å²) in [6.07, 6.45) is -0.779. The Hall–Kier alpha value is -3.23. The van der Waals surface area contributed by atoms with Crippen LogP contribution in [0.25, 0.3) is 0 Å². The van der Waals surface area contributed by atoms with Crippen LogP contribution < -0.4 is 19.5 Å². The van der Waals surface area contributed by atoms with Crippen LogP contribution in [-0.2, 0) is 14.8 Å². The van der Waals surface area contributed by atoms with Crippen LogP contribution in [0.15, 0.2) is 59.5 Å². The number of nitrogens with one attached hydrogen (secondary N) is 2. The van der Waals surface area contributed by atoms with Gasteiger partial charge in [-0.3, -0.25) is 9.52 Å². The van der Waals surface area contributed by atoms with E-state index in [0.717, 1.165) is 16.7 Å². The molecule has 3 rings (SSSR count). The normalized spacial score (nSPS) is 12.1. The molecule has 0 fully saturated rings. The fourth-order valence-electron chi connectivity index (χ4n) is 3.30. The van der Waals surface area contributed by atoms with Gasteiger partial charge in [-0.05, 0) is 92.9 Å². The molecule has 0 aliphatic carbocycles. The zero-order valence-electron chi connectivity index (χ0n) is 19.6. The van der Waals surface area contributed by atoms with E-state index in [1.165, 1.54) is 31.4 Å². The molecule has 1 amide bonds. The number of rotatable bonds is 8. The molecule has 3 aromatic rings. The van der Waals surface area contributed by atoms with Gasteiger partial charge < -0.3 is 14.8 Å². The lowest BCUT2D eigenvalue weighted by molar-refractivity contribution is -0.122. The Morgan fingerprint density at radius 3 is 2.18 bits per heavy atom. The Labute approximate surface area is 205 Å². The van der Waals surface area contributed by atoms with Crippen LogP contribution in [0.4, 0.5) is 11.4 Å². The summed E-state index contributed by atoms with van der Waals surface area (Å²) in [6, 6.07) is 14.6. The number of methoxy groups -OCH3 is 1. The number of ether oxygens (including phenoxy) is 2. The molecule has 0 spiro atoms. The van der Waals surface area contributed by atoms with E-state index in [1.54, 1.807) is 31.2 Å². The van der Waals surface area contributed by atoms with Gasteiger partial charge in [0.25, 0.3) is 15.9 Å². The Morgan fingerprint density at radius 2 is 1.59 bits per heavy atom. The number of sulfonamides is 1. The summed E-state index contributed by atoms with van der Waals surface area (Å²) in [6.45, 7) is 7.22. The molecule has 0 aromatic heterocycles. The van der Waals surface area contributed by atoms with Crippen molar-refractivity contribution in [3.8, 4) is 11.5 Å². The molecule has 0 saturated carbocycles. The summed E-state index contributed by atoms with van der Waals surface area (Å²) >= 11 is 6.18. The molecule has 2 N–H and O–H groups in total. The van der Waals surface area contributed by atoms with Crippen molar-refractivity contribution in [2.75, 3.05) is 17.1 Å². The lowest BCUT2D eigenvalue weighted by Crippen LogP contribution is -2.30. The topological polar surface area (TPSA) is 93.7 Å². The second kappa shape index (κ2) is 10.4. The lowest BCUT2D eigenvalue weighted by Gasteiger charge is -2.16. The van der Waals surface area contributed by atoms with Gasteiger partial charge in [-0.1, -0.05) is 17.7 Å². The molecule has 3 aromatic carbocycles. The van der Waals surface area contributed by atoms with E-state index < -0.39 is 16.1 Å². The Bertz CT molecular complexity index is 1280. The van der Waals surface area contributed by atoms with Crippen LogP contribution in [0.5, 0.6) is 11.5 Å². The second-order valence-corrected chi connectivity index (χ2v) is 10.0. The van der Waals surface area contributed by atoms with Crippen molar-refractivity contribution >= 4 is 38.9 Å². The monoisotopic (exact) mass is 502 g/mol. The molecule has 0 aliphatic rings. The number of hydrogen-bond acceptors (Lipinski definition) is 5. The Kier molecular flexibility index (Phi) is 7.74. The summed E-state index contributed by atoms with van der Waals surface area (Å²) in [4.78, 5) is 12.6. The van der Waals surface area contributed by atoms with Gasteiger partial charge in [0.1, 0.15) is 11.5 Å². The number of carbonyl (C=O) groups excluding carboxylic acids is 1. The number of amides is 1. The molecule has 0 aliphatic heterocycles. The highest BCUT2D eigenvalue weighted by Gasteiger charge is 2.19. The van der Waals surface area contributed by atoms with Gasteiger partial charge in [0, 0.05) is 10.7 Å². The van der Waals surface area contributed by atoms with Gasteiger partial charge in [-0.15, -0.1) is 0 Å². The fourth-order valence-corrected chi connectivity index (χ4v) is 4.47. The highest BCUT2D eigenvalue weighted by atomic mass is 35.5. The van der Waals surface area contributed by atoms with Crippen molar-refractivity contribution in [1.29, 1.82) is 0 Å². The number of aryl methyl sites for hydroxylation is 3. The van der Waals surface area contributed by atoms with E-state index in [-0.39, 0.29) is 10.8 Å². The zero-order chi connectivity index (χ0) is 25.0. The molecule has 7 nitrogen and oxygen atoms in total. The van der Waals surface area contributed by atoms with Crippen molar-refractivity contribution in [1.82, 2.24) is 0 Å². The summed E-state index contributed by atoms with van der Waals surface area (Å²) < 4.78 is 39.2. The summed E-state index contributed by atoms with van der Waals surface area (Å²) in [5, 5.41) is 3.39. The minimum Gasteiger partial charge on any atom is -0.495 e. The molecule has 0 saturated heterocycles. The Morgan fingerprint density at radius 1 is 0.971 bits per heavy atom. The number of carbonyl (C=O) groups is 1. The Balaban J connectivity index is 1.68. The first kappa shape index (κ1) is 25.4. The van der Waals surface area contributed by atoms with E-state index in [2.05, 4.69) is 10.0 Å². The van der Waals surface area contributed by atoms with Gasteiger partial charge >= 0.3 is 0 Å². The molecule has 1 unspecified atom stereocenters. The maximum Gasteiger partial charge on any atom is 0.265 e. The third-order valence-electron chi connectivity index (χ3n) is 5.12. The van der Waals surface area contributed by atoms with Crippen molar-refractivity contribution in [3.05, 3.63) is 76.3 Å². The first-order valence-corrected chi connectivity index (χ1v) is 12.4. The molecule has 0 heterocycles. The van der Waals surface area contributed by atoms with Crippen LogP contribution in [0.1, 0.15) is 23.6 Å². The van der Waals surface area contributed by atoms with Gasteiger partial charge in [0.05, 0.1) is 17.7 Å². The quantitative estimate of drug-likeness (QED) is 0.425. The molecule has 34 heavy (non-hydrogen) atoms. The van der Waals surface area contributed by atoms with Gasteiger partial charge in [0.15, 0.2) is 6.10 Å². The molecule has 9 heteroatoms. The highest BCUT2D eigenvalue weighted by molar-refractivity contribution is 7.92. The molecular weight excluding hydrogens is 476 g/mol. The minimum absolute atomic E-state index is 0.0467. The van der Waals surface area contributed by atoms with Crippen LogP contribution >= 0.6 is 11.6 Å². The average molecular weight is 503 g/mol. The fraction of sp³-hybridized carbons (Fsp3) is 0.240. The van der Waals surface area contributed by atoms with Crippen LogP contribution in [0.2, 0.25) is 5.02 Å². The van der Waals surface area contributed by atoms with E-state index in [0.29, 0.717) is 27.9 Å². The second-order valence-electron chi connectivity index (χ2n) is 7.95. The number of anilines is 2. The molecule has 0 bridgehead atoms. The third-order valence-corrected chi connectivity index (χ3v) is 7.10. The minimum atomic E-state index is -3.85. The van der Waals surface area contributed by atoms with Crippen molar-refractivity contribution in [2.45, 2.75) is 38.7 Å². The standard InChI is InChI=1S/C25H27ClN2O5S/c1-15-6-11-23(32-5)22(12-15)28-34(30,31)21-9-7-19(8-10-21)27-25(29)18(4)33-20-13-16(2)24(26)17(3)14-20/h6-14,18,28H,1-5H3,(H,27,29). The van der Waals surface area contributed by atoms with Crippen LogP contribution in [0.3, 0.4) is 0 Å². The SMILES string of the molecule is COc1ccc(C)cc1NS(=O)(=O)c1ccc(NC(=O)C(C)Oc2cc(C)c(Cl)c(C)c2)cc1. The first-order chi connectivity index (χ1) is 16.0. The number of halogens is 1. The number of benzene rings is 3. The van der Waals surface area contributed by atoms with Gasteiger partial charge in [0.2, 0.25) is 0 Å². The van der Waals surface area contributed by atoms with E-state index >= 15 is 0 Å². The van der Waals surface area contributed by atoms with E-state index in [9.17, 15) is 13.2 Å². The highest BCUT2D eigenvalue weighted by Crippen LogP contribution is 2.29. The maximum atomic E-state index is 12.8. The summed E-state index contributed by atoms with van der Waals surface area (Å²) in [5.41, 5.74) is 3.39. The lowest BCUT2D eigenvalue weighted by atomic mass is 10.1. The first-order valence-electron chi connectivity index (χ1n) is 10.5. The van der Waals surface area contributed by atoms with Gasteiger partial charge in [-0.2, -0.15) is 0 Å². The van der Waals surface area contributed by atoms with Crippen molar-refractivity contribution < 1.29 is 22.7 Å². The molecule has 1 atom stereocenters. The van der Waals surface area contributed by atoms with E-state index in [1.807, 2.05) is 26.8 Å². The van der Waals surface area contributed by atoms with Crippen molar-refractivity contribution in [2.24, 2.45) is 0 Å². The largest absolute Gasteiger partial charge is 0.495 e. The zero-order valence-corrected chi connectivity index (χ0v) is 21.2. The summed E-state index contributed by atoms with van der Waals surface area (Å²) in [5.74, 6) is 0.586. The van der Waals surface area contributed by atoms with Crippen LogP contribution in [0, 0.1) is 20.8 Å². The van der Waals surface area contributed by atoms with Crippen LogP contribution in [-0.4, -0.2) is 27.5 Å².